The lowest BCUT2D eigenvalue weighted by Gasteiger charge is -2.30. The predicted octanol–water partition coefficient (Wildman–Crippen LogP) is 3.30. The number of carbonyl (C=O) groups excluding carboxylic acids is 1. The number of furan rings is 1. The Morgan fingerprint density at radius 2 is 2.00 bits per heavy atom. The van der Waals surface area contributed by atoms with Gasteiger partial charge in [0.2, 0.25) is 5.71 Å². The van der Waals surface area contributed by atoms with Crippen molar-refractivity contribution in [3.63, 3.8) is 0 Å². The number of hydrogen-bond acceptors (Lipinski definition) is 5. The number of carbonyl (C=O) groups is 1. The van der Waals surface area contributed by atoms with Crippen LogP contribution >= 0.6 is 11.6 Å². The second-order valence-corrected chi connectivity index (χ2v) is 7.25. The highest BCUT2D eigenvalue weighted by Gasteiger charge is 2.25. The number of benzene rings is 1. The molecule has 0 fully saturated rings. The second kappa shape index (κ2) is 8.80. The third kappa shape index (κ3) is 4.06. The Labute approximate surface area is 174 Å². The molecule has 29 heavy (non-hydrogen) atoms. The van der Waals surface area contributed by atoms with E-state index >= 15 is 0 Å². The molecule has 0 aliphatic carbocycles. The number of rotatable bonds is 7. The number of amides is 1. The molecular weight excluding hydrogens is 392 g/mol. The lowest BCUT2D eigenvalue weighted by molar-refractivity contribution is 0.0934. The number of aromatic nitrogens is 2. The number of nitrogens with one attached hydrogen (secondary N) is 1. The molecule has 0 radical (unpaired) electrons. The fourth-order valence-electron chi connectivity index (χ4n) is 3.58. The highest BCUT2D eigenvalue weighted by Crippen LogP contribution is 2.27. The van der Waals surface area contributed by atoms with E-state index in [2.05, 4.69) is 29.0 Å². The zero-order valence-electron chi connectivity index (χ0n) is 17.0. The van der Waals surface area contributed by atoms with Gasteiger partial charge < -0.3 is 14.3 Å². The first-order valence-corrected chi connectivity index (χ1v) is 9.98. The molecule has 0 spiro atoms. The molecule has 1 unspecified atom stereocenters. The second-order valence-electron chi connectivity index (χ2n) is 6.84. The summed E-state index contributed by atoms with van der Waals surface area (Å²) in [4.78, 5) is 31.9. The Bertz CT molecular complexity index is 1090. The van der Waals surface area contributed by atoms with Gasteiger partial charge in [0.1, 0.15) is 17.5 Å². The molecule has 0 saturated carbocycles. The van der Waals surface area contributed by atoms with Crippen LogP contribution in [0.4, 0.5) is 0 Å². The minimum atomic E-state index is -0.365. The van der Waals surface area contributed by atoms with Crippen LogP contribution in [0.25, 0.3) is 11.1 Å². The molecule has 3 rings (SSSR count). The summed E-state index contributed by atoms with van der Waals surface area (Å²) in [6.07, 6.45) is 1.38. The van der Waals surface area contributed by atoms with Crippen molar-refractivity contribution in [2.24, 2.45) is 7.05 Å². The smallest absolute Gasteiger partial charge is 0.265 e. The molecule has 3 aromatic rings. The van der Waals surface area contributed by atoms with Gasteiger partial charge in [-0.25, -0.2) is 4.98 Å². The van der Waals surface area contributed by atoms with Crippen molar-refractivity contribution in [1.82, 2.24) is 19.8 Å². The Morgan fingerprint density at radius 1 is 1.31 bits per heavy atom. The Morgan fingerprint density at radius 3 is 2.66 bits per heavy atom. The molecule has 1 aromatic carbocycles. The van der Waals surface area contributed by atoms with E-state index in [0.717, 1.165) is 18.7 Å². The summed E-state index contributed by atoms with van der Waals surface area (Å²) in [7, 11) is 1.59. The van der Waals surface area contributed by atoms with Crippen LogP contribution in [-0.4, -0.2) is 40.0 Å². The molecule has 1 amide bonds. The Kier molecular flexibility index (Phi) is 6.39. The number of hydrogen-bond donors (Lipinski definition) is 1. The van der Waals surface area contributed by atoms with E-state index in [0.29, 0.717) is 17.3 Å². The van der Waals surface area contributed by atoms with Gasteiger partial charge in [-0.3, -0.25) is 14.5 Å². The minimum Gasteiger partial charge on any atom is -0.442 e. The van der Waals surface area contributed by atoms with Crippen LogP contribution in [0.2, 0.25) is 5.02 Å². The van der Waals surface area contributed by atoms with Gasteiger partial charge >= 0.3 is 0 Å². The first kappa shape index (κ1) is 21.1. The molecule has 0 bridgehead atoms. The van der Waals surface area contributed by atoms with Crippen molar-refractivity contribution < 1.29 is 9.21 Å². The van der Waals surface area contributed by atoms with Crippen molar-refractivity contribution >= 4 is 28.6 Å². The summed E-state index contributed by atoms with van der Waals surface area (Å²) >= 11 is 6.43. The summed E-state index contributed by atoms with van der Waals surface area (Å²) in [5, 5.41) is 3.82. The highest BCUT2D eigenvalue weighted by atomic mass is 35.5. The summed E-state index contributed by atoms with van der Waals surface area (Å²) in [6.45, 7) is 7.75. The van der Waals surface area contributed by atoms with Crippen LogP contribution in [0.15, 0.2) is 39.8 Å². The minimum absolute atomic E-state index is 0.0953. The topological polar surface area (TPSA) is 80.4 Å². The average molecular weight is 417 g/mol. The first-order chi connectivity index (χ1) is 13.9. The predicted molar refractivity (Wildman–Crippen MR) is 113 cm³/mol. The molecule has 7 nitrogen and oxygen atoms in total. The van der Waals surface area contributed by atoms with Crippen LogP contribution in [0.5, 0.6) is 0 Å². The molecule has 0 aliphatic heterocycles. The molecular formula is C21H25ClN4O3. The van der Waals surface area contributed by atoms with Crippen molar-refractivity contribution in [3.8, 4) is 0 Å². The molecule has 0 saturated heterocycles. The number of fused-ring (bicyclic) bond motifs is 1. The van der Waals surface area contributed by atoms with Crippen LogP contribution in [0, 0.1) is 6.92 Å². The van der Waals surface area contributed by atoms with Gasteiger partial charge in [-0.1, -0.05) is 43.6 Å². The van der Waals surface area contributed by atoms with Gasteiger partial charge in [-0.15, -0.1) is 0 Å². The maximum absolute atomic E-state index is 13.0. The van der Waals surface area contributed by atoms with Crippen LogP contribution in [0.3, 0.4) is 0 Å². The van der Waals surface area contributed by atoms with Crippen LogP contribution in [-0.2, 0) is 7.05 Å². The van der Waals surface area contributed by atoms with Crippen LogP contribution < -0.4 is 10.9 Å². The third-order valence-corrected chi connectivity index (χ3v) is 5.49. The zero-order valence-corrected chi connectivity index (χ0v) is 17.8. The van der Waals surface area contributed by atoms with Gasteiger partial charge in [0.15, 0.2) is 0 Å². The van der Waals surface area contributed by atoms with Crippen molar-refractivity contribution in [1.29, 1.82) is 0 Å². The van der Waals surface area contributed by atoms with Gasteiger partial charge in [-0.2, -0.15) is 0 Å². The van der Waals surface area contributed by atoms with Gasteiger partial charge in [0.05, 0.1) is 11.6 Å². The molecule has 154 valence electrons. The van der Waals surface area contributed by atoms with Gasteiger partial charge in [-0.05, 0) is 31.6 Å². The number of likely N-dealkylation sites (N-methyl/N-ethyl adjacent to an activating group) is 1. The molecule has 1 N–H and O–H groups in total. The Hall–Kier alpha value is -2.64. The molecule has 2 aromatic heterocycles. The standard InChI is InChI=1S/C21H25ClN4O3/c1-5-26(6-2)16(14-9-7-8-10-15(14)22)11-23-19(27)17-13(3)29-20-18(17)21(28)25(4)12-24-20/h7-10,12,16H,5-6,11H2,1-4H3,(H,23,27). The quantitative estimate of drug-likeness (QED) is 0.639. The van der Waals surface area contributed by atoms with Crippen molar-refractivity contribution in [2.45, 2.75) is 26.8 Å². The summed E-state index contributed by atoms with van der Waals surface area (Å²) in [6, 6.07) is 7.53. The van der Waals surface area contributed by atoms with E-state index in [9.17, 15) is 9.59 Å². The summed E-state index contributed by atoms with van der Waals surface area (Å²) < 4.78 is 6.87. The maximum Gasteiger partial charge on any atom is 0.265 e. The Balaban J connectivity index is 1.93. The monoisotopic (exact) mass is 416 g/mol. The molecule has 2 heterocycles. The normalized spacial score (nSPS) is 12.5. The fraction of sp³-hybridized carbons (Fsp3) is 0.381. The molecule has 1 atom stereocenters. The first-order valence-electron chi connectivity index (χ1n) is 9.60. The van der Waals surface area contributed by atoms with E-state index < -0.39 is 0 Å². The van der Waals surface area contributed by atoms with Crippen molar-refractivity contribution in [3.05, 3.63) is 62.9 Å². The fourth-order valence-corrected chi connectivity index (χ4v) is 3.85. The lowest BCUT2D eigenvalue weighted by Crippen LogP contribution is -2.38. The largest absolute Gasteiger partial charge is 0.442 e. The highest BCUT2D eigenvalue weighted by molar-refractivity contribution is 6.31. The lowest BCUT2D eigenvalue weighted by atomic mass is 10.0. The molecule has 8 heteroatoms. The third-order valence-electron chi connectivity index (χ3n) is 5.15. The van der Waals surface area contributed by atoms with Crippen LogP contribution in [0.1, 0.15) is 41.6 Å². The number of nitrogens with zero attached hydrogens (tertiary/aromatic N) is 3. The van der Waals surface area contributed by atoms with Gasteiger partial charge in [0.25, 0.3) is 11.5 Å². The van der Waals surface area contributed by atoms with Gasteiger partial charge in [0, 0.05) is 18.6 Å². The summed E-state index contributed by atoms with van der Waals surface area (Å²) in [5.74, 6) is 0.000919. The number of aryl methyl sites for hydroxylation is 2. The summed E-state index contributed by atoms with van der Waals surface area (Å²) in [5.41, 5.74) is 1.03. The number of halogens is 1. The average Bonchev–Trinajstić information content (AvgIpc) is 3.05. The van der Waals surface area contributed by atoms with E-state index in [1.807, 2.05) is 24.3 Å². The molecule has 0 aliphatic rings. The maximum atomic E-state index is 13.0. The SMILES string of the molecule is CCN(CC)C(CNC(=O)c1c(C)oc2ncn(C)c(=O)c12)c1ccccc1Cl. The van der Waals surface area contributed by atoms with E-state index in [1.54, 1.807) is 14.0 Å². The van der Waals surface area contributed by atoms with E-state index in [1.165, 1.54) is 10.9 Å². The zero-order chi connectivity index (χ0) is 21.1. The van der Waals surface area contributed by atoms with E-state index in [4.69, 9.17) is 16.0 Å². The van der Waals surface area contributed by atoms with Crippen molar-refractivity contribution in [2.75, 3.05) is 19.6 Å². The van der Waals surface area contributed by atoms with E-state index in [-0.39, 0.29) is 34.2 Å².